The Balaban J connectivity index is 1.40. The van der Waals surface area contributed by atoms with Crippen LogP contribution in [0.1, 0.15) is 47.2 Å². The molecule has 1 aromatic heterocycles. The van der Waals surface area contributed by atoms with Crippen molar-refractivity contribution in [1.29, 1.82) is 0 Å². The summed E-state index contributed by atoms with van der Waals surface area (Å²) in [5.41, 5.74) is 14.6. The molecule has 0 saturated heterocycles. The fraction of sp³-hybridized carbons (Fsp3) is 0.200. The molecule has 0 spiro atoms. The number of halogens is 3. The van der Waals surface area contributed by atoms with E-state index in [4.69, 9.17) is 11.3 Å². The maximum absolute atomic E-state index is 13.7. The van der Waals surface area contributed by atoms with Crippen LogP contribution in [-0.4, -0.2) is 29.2 Å². The standard InChI is InChI=1S/C30H26F3N7O3S/c31-30(32,33)43-23-14-15-25-24(16-23)36-28(44-25)38-29(42)40(22-12-10-20(11-13-22)19-4-2-1-3-5-19)17-18-6-8-21(9-7-18)26(41)37-27(34)39-35/h4,6-16,35H,1-3,5,17H2,(H2,34,37,41)(H,36,38,42)/p+1. The van der Waals surface area contributed by atoms with Crippen LogP contribution in [0.15, 0.2) is 82.9 Å². The summed E-state index contributed by atoms with van der Waals surface area (Å²) < 4.78 is 42.5. The van der Waals surface area contributed by atoms with Crippen molar-refractivity contribution in [3.8, 4) is 5.75 Å². The lowest BCUT2D eigenvalue weighted by atomic mass is 9.93. The van der Waals surface area contributed by atoms with Gasteiger partial charge in [0.1, 0.15) is 5.75 Å². The number of rotatable bonds is 7. The van der Waals surface area contributed by atoms with Crippen molar-refractivity contribution in [3.63, 3.8) is 0 Å². The molecule has 0 radical (unpaired) electrons. The molecule has 3 amide bonds. The number of nitrogens with zero attached hydrogens (tertiary/aromatic N) is 4. The van der Waals surface area contributed by atoms with Gasteiger partial charge >= 0.3 is 12.4 Å². The average Bonchev–Trinajstić information content (AvgIpc) is 3.41. The third-order valence-corrected chi connectivity index (χ3v) is 7.73. The number of nitrogens with two attached hydrogens (primary N) is 2. The number of alkyl halides is 3. The second-order valence-electron chi connectivity index (χ2n) is 9.84. The van der Waals surface area contributed by atoms with Gasteiger partial charge in [-0.2, -0.15) is 4.99 Å². The second-order valence-corrected chi connectivity index (χ2v) is 10.9. The van der Waals surface area contributed by atoms with Crippen molar-refractivity contribution in [1.82, 2.24) is 4.98 Å². The van der Waals surface area contributed by atoms with Crippen molar-refractivity contribution in [2.45, 2.75) is 38.6 Å². The molecule has 0 fully saturated rings. The number of benzene rings is 3. The SMILES string of the molecule is NC(N=[NH2+])=NC(=O)c1ccc(CN(C(=O)Nc2nc3cc(OC(F)(F)F)ccc3s2)c2ccc(C3=CCCCC3)cc2)cc1. The average molecular weight is 623 g/mol. The zero-order valence-electron chi connectivity index (χ0n) is 23.2. The van der Waals surface area contributed by atoms with Gasteiger partial charge in [0.15, 0.2) is 5.13 Å². The smallest absolute Gasteiger partial charge is 0.406 e. The van der Waals surface area contributed by atoms with Gasteiger partial charge < -0.3 is 10.5 Å². The highest BCUT2D eigenvalue weighted by molar-refractivity contribution is 7.22. The number of amides is 3. The van der Waals surface area contributed by atoms with Crippen LogP contribution in [0, 0.1) is 0 Å². The predicted molar refractivity (Wildman–Crippen MR) is 161 cm³/mol. The van der Waals surface area contributed by atoms with Crippen LogP contribution in [0.25, 0.3) is 15.8 Å². The normalized spacial score (nSPS) is 13.7. The van der Waals surface area contributed by atoms with Gasteiger partial charge in [-0.1, -0.05) is 41.7 Å². The number of urea groups is 1. The molecule has 10 nitrogen and oxygen atoms in total. The minimum absolute atomic E-state index is 0.125. The molecule has 44 heavy (non-hydrogen) atoms. The number of guanidine groups is 1. The van der Waals surface area contributed by atoms with Crippen LogP contribution in [0.2, 0.25) is 0 Å². The number of aromatic nitrogens is 1. The van der Waals surface area contributed by atoms with Crippen molar-refractivity contribution < 1.29 is 33.0 Å². The predicted octanol–water partition coefficient (Wildman–Crippen LogP) is 6.06. The second kappa shape index (κ2) is 13.0. The van der Waals surface area contributed by atoms with Gasteiger partial charge in [-0.25, -0.2) is 9.78 Å². The number of carbonyl (C=O) groups is 2. The molecule has 0 bridgehead atoms. The van der Waals surface area contributed by atoms with E-state index < -0.39 is 24.1 Å². The molecule has 3 aromatic carbocycles. The Morgan fingerprint density at radius 2 is 1.82 bits per heavy atom. The molecule has 5 N–H and O–H groups in total. The zero-order chi connectivity index (χ0) is 31.3. The Kier molecular flexibility index (Phi) is 8.99. The van der Waals surface area contributed by atoms with E-state index >= 15 is 0 Å². The molecule has 0 saturated carbocycles. The van der Waals surface area contributed by atoms with Crippen LogP contribution in [0.3, 0.4) is 0 Å². The first-order valence-corrected chi connectivity index (χ1v) is 14.3. The van der Waals surface area contributed by atoms with Crippen LogP contribution in [0.5, 0.6) is 5.75 Å². The summed E-state index contributed by atoms with van der Waals surface area (Å²) >= 11 is 1.11. The Bertz CT molecular complexity index is 1750. The first kappa shape index (κ1) is 30.4. The first-order chi connectivity index (χ1) is 21.1. The highest BCUT2D eigenvalue weighted by Crippen LogP contribution is 2.32. The lowest BCUT2D eigenvalue weighted by Crippen LogP contribution is -2.34. The quantitative estimate of drug-likeness (QED) is 0.130. The molecule has 0 aliphatic heterocycles. The maximum atomic E-state index is 13.7. The summed E-state index contributed by atoms with van der Waals surface area (Å²) in [6, 6.07) is 17.4. The summed E-state index contributed by atoms with van der Waals surface area (Å²) in [7, 11) is 0. The summed E-state index contributed by atoms with van der Waals surface area (Å²) in [5, 5.41) is 6.13. The number of aliphatic imine (C=N–C) groups is 1. The maximum Gasteiger partial charge on any atom is 0.573 e. The fourth-order valence-corrected chi connectivity index (χ4v) is 5.52. The summed E-state index contributed by atoms with van der Waals surface area (Å²) in [6.45, 7) is 0.125. The fourth-order valence-electron chi connectivity index (χ4n) is 4.69. The molecular formula is C30H27F3N7O3S+. The van der Waals surface area contributed by atoms with Gasteiger partial charge in [-0.15, -0.1) is 18.7 Å². The minimum atomic E-state index is -4.84. The van der Waals surface area contributed by atoms with Gasteiger partial charge in [0.05, 0.1) is 16.8 Å². The van der Waals surface area contributed by atoms with Gasteiger partial charge in [-0.05, 0) is 78.8 Å². The number of allylic oxidation sites excluding steroid dienone is 2. The van der Waals surface area contributed by atoms with Gasteiger partial charge in [-0.3, -0.25) is 15.0 Å². The number of ether oxygens (including phenoxy) is 1. The third kappa shape index (κ3) is 7.64. The summed E-state index contributed by atoms with van der Waals surface area (Å²) in [5.74, 6) is -1.38. The van der Waals surface area contributed by atoms with Crippen LogP contribution < -0.4 is 26.2 Å². The van der Waals surface area contributed by atoms with Gasteiger partial charge in [0, 0.05) is 22.4 Å². The van der Waals surface area contributed by atoms with Crippen molar-refractivity contribution in [3.05, 3.63) is 89.5 Å². The largest absolute Gasteiger partial charge is 0.573 e. The number of fused-ring (bicyclic) bond motifs is 1. The number of hydrogen-bond donors (Lipinski definition) is 3. The third-order valence-electron chi connectivity index (χ3n) is 6.78. The monoisotopic (exact) mass is 622 g/mol. The van der Waals surface area contributed by atoms with E-state index in [-0.39, 0.29) is 28.7 Å². The number of anilines is 2. The van der Waals surface area contributed by atoms with Crippen LogP contribution in [-0.2, 0) is 6.54 Å². The van der Waals surface area contributed by atoms with E-state index in [1.807, 2.05) is 24.3 Å². The molecule has 0 atom stereocenters. The Hall–Kier alpha value is -5.11. The van der Waals surface area contributed by atoms with Crippen molar-refractivity contribution in [2.75, 3.05) is 10.2 Å². The summed E-state index contributed by atoms with van der Waals surface area (Å²) in [4.78, 5) is 35.3. The lowest BCUT2D eigenvalue weighted by Gasteiger charge is -2.23. The van der Waals surface area contributed by atoms with Crippen molar-refractivity contribution in [2.24, 2.45) is 15.8 Å². The Morgan fingerprint density at radius 1 is 1.07 bits per heavy atom. The van der Waals surface area contributed by atoms with Gasteiger partial charge in [0.2, 0.25) is 0 Å². The number of hydrogen-bond acceptors (Lipinski definition) is 5. The topological polar surface area (TPSA) is 148 Å². The van der Waals surface area contributed by atoms with Crippen LogP contribution in [0.4, 0.5) is 28.8 Å². The van der Waals surface area contributed by atoms with E-state index in [0.29, 0.717) is 16.0 Å². The first-order valence-electron chi connectivity index (χ1n) is 13.5. The van der Waals surface area contributed by atoms with E-state index in [1.165, 1.54) is 29.0 Å². The molecule has 4 aromatic rings. The number of carbonyl (C=O) groups excluding carboxylic acids is 2. The molecular weight excluding hydrogens is 595 g/mol. The van der Waals surface area contributed by atoms with E-state index in [0.717, 1.165) is 42.2 Å². The number of nitrogens with one attached hydrogen (secondary N) is 1. The lowest BCUT2D eigenvalue weighted by molar-refractivity contribution is -0.274. The minimum Gasteiger partial charge on any atom is -0.406 e. The molecule has 14 heteroatoms. The molecule has 226 valence electrons. The van der Waals surface area contributed by atoms with Crippen molar-refractivity contribution >= 4 is 55.8 Å². The molecule has 1 aliphatic carbocycles. The molecule has 1 heterocycles. The highest BCUT2D eigenvalue weighted by Gasteiger charge is 2.31. The highest BCUT2D eigenvalue weighted by atomic mass is 32.1. The number of thiazole rings is 1. The van der Waals surface area contributed by atoms with Crippen LogP contribution >= 0.6 is 11.3 Å². The molecule has 5 rings (SSSR count). The Labute approximate surface area is 253 Å². The van der Waals surface area contributed by atoms with Gasteiger partial charge in [0.25, 0.3) is 11.9 Å². The van der Waals surface area contributed by atoms with E-state index in [1.54, 1.807) is 24.3 Å². The molecule has 1 aliphatic rings. The zero-order valence-corrected chi connectivity index (χ0v) is 24.0. The van der Waals surface area contributed by atoms with E-state index in [9.17, 15) is 22.8 Å². The van der Waals surface area contributed by atoms with E-state index in [2.05, 4.69) is 31.2 Å². The Morgan fingerprint density at radius 3 is 2.48 bits per heavy atom. The molecule has 0 unspecified atom stereocenters. The summed E-state index contributed by atoms with van der Waals surface area (Å²) in [6.07, 6.45) is 1.74.